The first-order valence-corrected chi connectivity index (χ1v) is 10.8. The second kappa shape index (κ2) is 10.7. The first-order valence-electron chi connectivity index (χ1n) is 10.8. The summed E-state index contributed by atoms with van der Waals surface area (Å²) in [6.45, 7) is 3.28. The molecule has 0 radical (unpaired) electrons. The van der Waals surface area contributed by atoms with Gasteiger partial charge >= 0.3 is 0 Å². The number of hydrogen-bond donors (Lipinski definition) is 0. The van der Waals surface area contributed by atoms with E-state index in [4.69, 9.17) is 14.2 Å². The van der Waals surface area contributed by atoms with Gasteiger partial charge in [-0.05, 0) is 37.6 Å². The molecule has 1 unspecified atom stereocenters. The number of carbonyl (C=O) groups excluding carboxylic acids is 1. The van der Waals surface area contributed by atoms with Gasteiger partial charge in [-0.2, -0.15) is 0 Å². The Morgan fingerprint density at radius 1 is 1.22 bits per heavy atom. The van der Waals surface area contributed by atoms with E-state index in [1.165, 1.54) is 0 Å². The van der Waals surface area contributed by atoms with Gasteiger partial charge in [0.1, 0.15) is 0 Å². The van der Waals surface area contributed by atoms with Gasteiger partial charge in [0.25, 0.3) is 0 Å². The summed E-state index contributed by atoms with van der Waals surface area (Å²) in [5.74, 6) is 0.139. The van der Waals surface area contributed by atoms with E-state index >= 15 is 0 Å². The van der Waals surface area contributed by atoms with Gasteiger partial charge in [-0.1, -0.05) is 6.92 Å². The number of carboxylic acid groups (broad SMARTS) is 1. The highest BCUT2D eigenvalue weighted by atomic mass is 16.5. The average molecular weight is 444 g/mol. The summed E-state index contributed by atoms with van der Waals surface area (Å²) in [5.41, 5.74) is 3.33. The first-order chi connectivity index (χ1) is 15.4. The lowest BCUT2D eigenvalue weighted by Gasteiger charge is -2.31. The largest absolute Gasteiger partial charge is 0.549 e. The summed E-state index contributed by atoms with van der Waals surface area (Å²) in [6, 6.07) is 5.76. The van der Waals surface area contributed by atoms with Gasteiger partial charge in [0.15, 0.2) is 16.9 Å². The average Bonchev–Trinajstić information content (AvgIpc) is 2.75. The Balaban J connectivity index is 1.98. The lowest BCUT2D eigenvalue weighted by atomic mass is 9.90. The second-order valence-corrected chi connectivity index (χ2v) is 8.12. The number of pyridine rings is 1. The molecule has 0 aliphatic carbocycles. The van der Waals surface area contributed by atoms with Crippen LogP contribution in [0.15, 0.2) is 29.2 Å². The molecule has 1 atom stereocenters. The van der Waals surface area contributed by atoms with Gasteiger partial charge in [-0.25, -0.2) is 0 Å². The number of benzene rings is 1. The standard InChI is InChI=1S/C24H32N2O6/c1-5-18-9-16-10-23(32-8-6-7-30-3)22(31-4)11-19(16)20-12-21(27)17(14-26(18)20)13-25(2)15-24(28)29/h10-12,14,18H,5-9,13,15H2,1-4H3,(H,28,29)/p-1. The minimum Gasteiger partial charge on any atom is -0.549 e. The molecular formula is C24H31N2O6-. The number of carbonyl (C=O) groups is 1. The predicted octanol–water partition coefficient (Wildman–Crippen LogP) is 1.63. The van der Waals surface area contributed by atoms with E-state index in [2.05, 4.69) is 11.5 Å². The Morgan fingerprint density at radius 2 is 2.00 bits per heavy atom. The molecule has 1 aliphatic rings. The third kappa shape index (κ3) is 5.31. The molecule has 3 rings (SSSR count). The van der Waals surface area contributed by atoms with Crippen molar-refractivity contribution in [3.63, 3.8) is 0 Å². The van der Waals surface area contributed by atoms with Crippen LogP contribution in [0.3, 0.4) is 0 Å². The van der Waals surface area contributed by atoms with E-state index in [1.807, 2.05) is 18.3 Å². The zero-order valence-corrected chi connectivity index (χ0v) is 19.2. The normalized spacial score (nSPS) is 14.7. The van der Waals surface area contributed by atoms with E-state index in [0.29, 0.717) is 30.3 Å². The van der Waals surface area contributed by atoms with E-state index < -0.39 is 5.97 Å². The minimum absolute atomic E-state index is 0.122. The topological polar surface area (TPSA) is 93.1 Å². The van der Waals surface area contributed by atoms with E-state index in [-0.39, 0.29) is 24.6 Å². The van der Waals surface area contributed by atoms with Crippen molar-refractivity contribution in [1.82, 2.24) is 9.47 Å². The number of ether oxygens (including phenoxy) is 3. The second-order valence-electron chi connectivity index (χ2n) is 8.12. The van der Waals surface area contributed by atoms with E-state index in [0.717, 1.165) is 36.1 Å². The quantitative estimate of drug-likeness (QED) is 0.487. The van der Waals surface area contributed by atoms with Gasteiger partial charge in [-0.3, -0.25) is 9.69 Å². The molecule has 8 nitrogen and oxygen atoms in total. The summed E-state index contributed by atoms with van der Waals surface area (Å²) in [6.07, 6.45) is 4.33. The first kappa shape index (κ1) is 23.8. The SMILES string of the molecule is CCC1Cc2cc(OCCCOC)c(OC)cc2-c2cc(=O)c(CN(C)CC(=O)[O-])cn21. The zero-order chi connectivity index (χ0) is 23.3. The van der Waals surface area contributed by atoms with Crippen molar-refractivity contribution in [2.75, 3.05) is 41.0 Å². The van der Waals surface area contributed by atoms with Crippen LogP contribution in [0.4, 0.5) is 0 Å². The Hall–Kier alpha value is -2.84. The third-order valence-corrected chi connectivity index (χ3v) is 5.73. The van der Waals surface area contributed by atoms with Crippen molar-refractivity contribution >= 4 is 5.97 Å². The zero-order valence-electron chi connectivity index (χ0n) is 19.2. The molecule has 0 saturated heterocycles. The fourth-order valence-electron chi connectivity index (χ4n) is 4.16. The van der Waals surface area contributed by atoms with Crippen LogP contribution in [0.1, 0.15) is 36.9 Å². The number of carboxylic acids is 1. The molecule has 1 aromatic heterocycles. The Morgan fingerprint density at radius 3 is 2.66 bits per heavy atom. The highest BCUT2D eigenvalue weighted by Crippen LogP contribution is 2.41. The Bertz CT molecular complexity index is 1020. The smallest absolute Gasteiger partial charge is 0.186 e. The number of aromatic nitrogens is 1. The third-order valence-electron chi connectivity index (χ3n) is 5.73. The molecule has 0 fully saturated rings. The van der Waals surface area contributed by atoms with Gasteiger partial charge in [0.05, 0.1) is 25.4 Å². The van der Waals surface area contributed by atoms with Crippen molar-refractivity contribution in [1.29, 1.82) is 0 Å². The van der Waals surface area contributed by atoms with Gasteiger partial charge < -0.3 is 28.7 Å². The predicted molar refractivity (Wildman–Crippen MR) is 119 cm³/mol. The van der Waals surface area contributed by atoms with Crippen molar-refractivity contribution in [3.8, 4) is 22.8 Å². The van der Waals surface area contributed by atoms with Crippen LogP contribution in [-0.4, -0.2) is 56.5 Å². The minimum atomic E-state index is -1.17. The molecule has 1 aliphatic heterocycles. The highest BCUT2D eigenvalue weighted by molar-refractivity contribution is 5.71. The van der Waals surface area contributed by atoms with Crippen molar-refractivity contribution in [3.05, 3.63) is 45.7 Å². The maximum absolute atomic E-state index is 12.9. The molecule has 0 amide bonds. The molecule has 0 saturated carbocycles. The lowest BCUT2D eigenvalue weighted by molar-refractivity contribution is -0.306. The summed E-state index contributed by atoms with van der Waals surface area (Å²) in [5, 5.41) is 10.9. The molecule has 0 bridgehead atoms. The summed E-state index contributed by atoms with van der Waals surface area (Å²) < 4.78 is 18.7. The number of rotatable bonds is 11. The number of aliphatic carboxylic acids is 1. The number of fused-ring (bicyclic) bond motifs is 3. The van der Waals surface area contributed by atoms with Crippen molar-refractivity contribution < 1.29 is 24.1 Å². The van der Waals surface area contributed by atoms with Gasteiger partial charge in [-0.15, -0.1) is 0 Å². The van der Waals surface area contributed by atoms with Gasteiger partial charge in [0.2, 0.25) is 0 Å². The fourth-order valence-corrected chi connectivity index (χ4v) is 4.16. The molecule has 1 aromatic carbocycles. The monoisotopic (exact) mass is 443 g/mol. The molecule has 32 heavy (non-hydrogen) atoms. The molecule has 2 heterocycles. The lowest BCUT2D eigenvalue weighted by Crippen LogP contribution is -2.36. The summed E-state index contributed by atoms with van der Waals surface area (Å²) in [7, 11) is 4.92. The molecule has 174 valence electrons. The molecule has 0 spiro atoms. The van der Waals surface area contributed by atoms with Crippen LogP contribution < -0.4 is 20.0 Å². The number of methoxy groups -OCH3 is 2. The molecule has 2 aromatic rings. The molecule has 0 N–H and O–H groups in total. The highest BCUT2D eigenvalue weighted by Gasteiger charge is 2.26. The van der Waals surface area contributed by atoms with E-state index in [9.17, 15) is 14.7 Å². The summed E-state index contributed by atoms with van der Waals surface area (Å²) >= 11 is 0. The number of nitrogens with zero attached hydrogens (tertiary/aromatic N) is 2. The van der Waals surface area contributed by atoms with E-state index in [1.54, 1.807) is 32.2 Å². The number of likely N-dealkylation sites (N-methyl/N-ethyl adjacent to an activating group) is 1. The van der Waals surface area contributed by atoms with Crippen LogP contribution in [0.5, 0.6) is 11.5 Å². The molecule has 8 heteroatoms. The van der Waals surface area contributed by atoms with Crippen LogP contribution in [0, 0.1) is 0 Å². The maximum Gasteiger partial charge on any atom is 0.186 e. The maximum atomic E-state index is 12.9. The fraction of sp³-hybridized carbons (Fsp3) is 0.500. The number of hydrogen-bond acceptors (Lipinski definition) is 7. The Labute approximate surface area is 188 Å². The van der Waals surface area contributed by atoms with Crippen molar-refractivity contribution in [2.45, 2.75) is 38.8 Å². The van der Waals surface area contributed by atoms with Crippen molar-refractivity contribution in [2.24, 2.45) is 0 Å². The summed E-state index contributed by atoms with van der Waals surface area (Å²) in [4.78, 5) is 25.3. The molecular weight excluding hydrogens is 412 g/mol. The van der Waals surface area contributed by atoms with Crippen LogP contribution in [0.25, 0.3) is 11.3 Å². The Kier molecular flexibility index (Phi) is 7.93. The van der Waals surface area contributed by atoms with Crippen LogP contribution >= 0.6 is 0 Å². The van der Waals surface area contributed by atoms with Crippen LogP contribution in [0.2, 0.25) is 0 Å². The van der Waals surface area contributed by atoms with Gasteiger partial charge in [0, 0.05) is 62.7 Å². The van der Waals surface area contributed by atoms with Crippen LogP contribution in [-0.2, 0) is 22.5 Å².